The van der Waals surface area contributed by atoms with E-state index in [0.29, 0.717) is 12.1 Å². The van der Waals surface area contributed by atoms with Crippen LogP contribution in [-0.2, 0) is 18.8 Å². The molecule has 1 heterocycles. The van der Waals surface area contributed by atoms with Gasteiger partial charge in [0.2, 0.25) is 0 Å². The van der Waals surface area contributed by atoms with Crippen molar-refractivity contribution in [2.45, 2.75) is 37.8 Å². The van der Waals surface area contributed by atoms with Gasteiger partial charge >= 0.3 is 0 Å². The van der Waals surface area contributed by atoms with Gasteiger partial charge < -0.3 is 9.88 Å². The third-order valence-corrected chi connectivity index (χ3v) is 5.08. The molecule has 0 aliphatic rings. The minimum Gasteiger partial charge on any atom is -0.345 e. The maximum atomic E-state index is 12.2. The van der Waals surface area contributed by atoms with Crippen molar-refractivity contribution < 1.29 is 4.79 Å². The van der Waals surface area contributed by atoms with E-state index in [1.54, 1.807) is 23.9 Å². The van der Waals surface area contributed by atoms with E-state index in [0.717, 1.165) is 23.3 Å². The molecule has 0 aliphatic heterocycles. The Morgan fingerprint density at radius 3 is 2.50 bits per heavy atom. The molecule has 134 valence electrons. The second kappa shape index (κ2) is 8.67. The standard InChI is InChI=1S/C20H22N4OS/c1-3-24-18(13-21-19(25)17-7-5-4-6-8-17)22-23-20(24)26-14-16-11-9-15(2)10-12-16/h4-12H,3,13-14H2,1-2H3,(H,21,25). The van der Waals surface area contributed by atoms with Gasteiger partial charge in [-0.2, -0.15) is 0 Å². The molecule has 3 rings (SSSR count). The van der Waals surface area contributed by atoms with Crippen LogP contribution in [0.5, 0.6) is 0 Å². The summed E-state index contributed by atoms with van der Waals surface area (Å²) in [5.41, 5.74) is 3.15. The largest absolute Gasteiger partial charge is 0.345 e. The molecule has 0 bridgehead atoms. The molecule has 5 nitrogen and oxygen atoms in total. The predicted molar refractivity (Wildman–Crippen MR) is 104 cm³/mol. The second-order valence-corrected chi connectivity index (χ2v) is 6.91. The van der Waals surface area contributed by atoms with Gasteiger partial charge in [0, 0.05) is 17.9 Å². The van der Waals surface area contributed by atoms with Gasteiger partial charge in [0.1, 0.15) is 0 Å². The van der Waals surface area contributed by atoms with E-state index in [-0.39, 0.29) is 5.91 Å². The lowest BCUT2D eigenvalue weighted by Crippen LogP contribution is -2.24. The quantitative estimate of drug-likeness (QED) is 0.646. The van der Waals surface area contributed by atoms with Crippen LogP contribution in [0.3, 0.4) is 0 Å². The first-order chi connectivity index (χ1) is 12.7. The SMILES string of the molecule is CCn1c(CNC(=O)c2ccccc2)nnc1SCc1ccc(C)cc1. The summed E-state index contributed by atoms with van der Waals surface area (Å²) in [6, 6.07) is 17.7. The fourth-order valence-electron chi connectivity index (χ4n) is 2.56. The molecule has 0 saturated heterocycles. The van der Waals surface area contributed by atoms with Crippen molar-refractivity contribution in [3.8, 4) is 0 Å². The van der Waals surface area contributed by atoms with Crippen LogP contribution in [0.2, 0.25) is 0 Å². The number of amides is 1. The Kier molecular flexibility index (Phi) is 6.07. The molecule has 0 spiro atoms. The molecule has 26 heavy (non-hydrogen) atoms. The number of hydrogen-bond donors (Lipinski definition) is 1. The van der Waals surface area contributed by atoms with Crippen molar-refractivity contribution in [1.82, 2.24) is 20.1 Å². The molecule has 0 radical (unpaired) electrons. The highest BCUT2D eigenvalue weighted by atomic mass is 32.2. The van der Waals surface area contributed by atoms with Gasteiger partial charge in [-0.25, -0.2) is 0 Å². The summed E-state index contributed by atoms with van der Waals surface area (Å²) in [4.78, 5) is 12.2. The molecular formula is C20H22N4OS. The average molecular weight is 366 g/mol. The summed E-state index contributed by atoms with van der Waals surface area (Å²) < 4.78 is 2.05. The summed E-state index contributed by atoms with van der Waals surface area (Å²) in [5.74, 6) is 1.50. The van der Waals surface area contributed by atoms with Gasteiger partial charge in [-0.3, -0.25) is 4.79 Å². The molecule has 0 fully saturated rings. The van der Waals surface area contributed by atoms with Gasteiger partial charge in [-0.05, 0) is 31.5 Å². The van der Waals surface area contributed by atoms with Crippen LogP contribution in [0.4, 0.5) is 0 Å². The Hall–Kier alpha value is -2.60. The minimum absolute atomic E-state index is 0.106. The van der Waals surface area contributed by atoms with Gasteiger partial charge in [-0.15, -0.1) is 10.2 Å². The van der Waals surface area contributed by atoms with E-state index in [1.807, 2.05) is 22.8 Å². The van der Waals surface area contributed by atoms with E-state index in [2.05, 4.69) is 53.6 Å². The number of aryl methyl sites for hydroxylation is 1. The number of carbonyl (C=O) groups is 1. The average Bonchev–Trinajstić information content (AvgIpc) is 3.08. The zero-order valence-electron chi connectivity index (χ0n) is 15.0. The maximum absolute atomic E-state index is 12.2. The Balaban J connectivity index is 1.62. The molecule has 6 heteroatoms. The topological polar surface area (TPSA) is 59.8 Å². The van der Waals surface area contributed by atoms with Crippen molar-refractivity contribution in [3.63, 3.8) is 0 Å². The smallest absolute Gasteiger partial charge is 0.251 e. The molecule has 0 saturated carbocycles. The maximum Gasteiger partial charge on any atom is 0.251 e. The van der Waals surface area contributed by atoms with Crippen LogP contribution in [0.1, 0.15) is 34.2 Å². The number of carbonyl (C=O) groups excluding carboxylic acids is 1. The fraction of sp³-hybridized carbons (Fsp3) is 0.250. The summed E-state index contributed by atoms with van der Waals surface area (Å²) in [5, 5.41) is 12.3. The van der Waals surface area contributed by atoms with Gasteiger partial charge in [0.25, 0.3) is 5.91 Å². The summed E-state index contributed by atoms with van der Waals surface area (Å²) >= 11 is 1.66. The zero-order valence-corrected chi connectivity index (χ0v) is 15.8. The number of nitrogens with one attached hydrogen (secondary N) is 1. The highest BCUT2D eigenvalue weighted by Crippen LogP contribution is 2.22. The van der Waals surface area contributed by atoms with E-state index in [9.17, 15) is 4.79 Å². The minimum atomic E-state index is -0.106. The molecule has 1 aromatic heterocycles. The Morgan fingerprint density at radius 1 is 1.08 bits per heavy atom. The predicted octanol–water partition coefficient (Wildman–Crippen LogP) is 3.83. The lowest BCUT2D eigenvalue weighted by Gasteiger charge is -2.08. The third-order valence-electron chi connectivity index (χ3n) is 4.04. The summed E-state index contributed by atoms with van der Waals surface area (Å²) in [6.07, 6.45) is 0. The number of aromatic nitrogens is 3. The van der Waals surface area contributed by atoms with Crippen LogP contribution in [0.15, 0.2) is 59.8 Å². The molecule has 0 aliphatic carbocycles. The van der Waals surface area contributed by atoms with E-state index in [4.69, 9.17) is 0 Å². The Labute approximate surface area is 157 Å². The fourth-order valence-corrected chi connectivity index (χ4v) is 3.53. The molecular weight excluding hydrogens is 344 g/mol. The van der Waals surface area contributed by atoms with Gasteiger partial charge in [0.05, 0.1) is 6.54 Å². The van der Waals surface area contributed by atoms with Gasteiger partial charge in [-0.1, -0.05) is 59.8 Å². The van der Waals surface area contributed by atoms with Crippen molar-refractivity contribution in [3.05, 3.63) is 77.1 Å². The monoisotopic (exact) mass is 366 g/mol. The van der Waals surface area contributed by atoms with Crippen LogP contribution in [0.25, 0.3) is 0 Å². The number of rotatable bonds is 7. The van der Waals surface area contributed by atoms with Crippen LogP contribution in [0, 0.1) is 6.92 Å². The van der Waals surface area contributed by atoms with Crippen molar-refractivity contribution in [2.75, 3.05) is 0 Å². The summed E-state index contributed by atoms with van der Waals surface area (Å²) in [7, 11) is 0. The second-order valence-electron chi connectivity index (χ2n) is 5.97. The molecule has 0 atom stereocenters. The summed E-state index contributed by atoms with van der Waals surface area (Å²) in [6.45, 7) is 5.27. The molecule has 1 amide bonds. The van der Waals surface area contributed by atoms with Crippen molar-refractivity contribution >= 4 is 17.7 Å². The Morgan fingerprint density at radius 2 is 1.81 bits per heavy atom. The first-order valence-electron chi connectivity index (χ1n) is 8.61. The van der Waals surface area contributed by atoms with E-state index < -0.39 is 0 Å². The number of benzene rings is 2. The first kappa shape index (κ1) is 18.2. The van der Waals surface area contributed by atoms with Crippen LogP contribution < -0.4 is 5.32 Å². The molecule has 3 aromatic rings. The lowest BCUT2D eigenvalue weighted by atomic mass is 10.2. The van der Waals surface area contributed by atoms with Crippen LogP contribution >= 0.6 is 11.8 Å². The highest BCUT2D eigenvalue weighted by Gasteiger charge is 2.13. The molecule has 2 aromatic carbocycles. The lowest BCUT2D eigenvalue weighted by molar-refractivity contribution is 0.0949. The number of thioether (sulfide) groups is 1. The number of hydrogen-bond acceptors (Lipinski definition) is 4. The van der Waals surface area contributed by atoms with E-state index in [1.165, 1.54) is 11.1 Å². The number of nitrogens with zero attached hydrogens (tertiary/aromatic N) is 3. The zero-order chi connectivity index (χ0) is 18.4. The van der Waals surface area contributed by atoms with Crippen molar-refractivity contribution in [2.24, 2.45) is 0 Å². The van der Waals surface area contributed by atoms with Gasteiger partial charge in [0.15, 0.2) is 11.0 Å². The first-order valence-corrected chi connectivity index (χ1v) is 9.59. The normalized spacial score (nSPS) is 10.7. The Bertz CT molecular complexity index is 859. The third kappa shape index (κ3) is 4.52. The van der Waals surface area contributed by atoms with E-state index >= 15 is 0 Å². The van der Waals surface area contributed by atoms with Crippen LogP contribution in [-0.4, -0.2) is 20.7 Å². The molecule has 0 unspecified atom stereocenters. The molecule has 1 N–H and O–H groups in total. The van der Waals surface area contributed by atoms with Crippen molar-refractivity contribution in [1.29, 1.82) is 0 Å². The highest BCUT2D eigenvalue weighted by molar-refractivity contribution is 7.98.